The largest absolute Gasteiger partial charge is 0.481 e. The van der Waals surface area contributed by atoms with E-state index in [1.54, 1.807) is 17.9 Å². The van der Waals surface area contributed by atoms with Gasteiger partial charge >= 0.3 is 5.97 Å². The third kappa shape index (κ3) is 2.72. The summed E-state index contributed by atoms with van der Waals surface area (Å²) in [5.41, 5.74) is 0.125. The number of carboxylic acid groups (broad SMARTS) is 1. The van der Waals surface area contributed by atoms with Crippen LogP contribution in [-0.4, -0.2) is 40.1 Å². The van der Waals surface area contributed by atoms with E-state index in [1.807, 2.05) is 30.3 Å². The number of rotatable bonds is 3. The number of amides is 1. The first kappa shape index (κ1) is 15.3. The molecule has 0 aliphatic carbocycles. The van der Waals surface area contributed by atoms with Crippen LogP contribution in [0.4, 0.5) is 0 Å². The number of carboxylic acids is 1. The molecule has 0 unspecified atom stereocenters. The van der Waals surface area contributed by atoms with Crippen LogP contribution in [0.15, 0.2) is 40.9 Å². The van der Waals surface area contributed by atoms with E-state index in [2.05, 4.69) is 5.16 Å². The van der Waals surface area contributed by atoms with E-state index in [-0.39, 0.29) is 11.6 Å². The lowest BCUT2D eigenvalue weighted by Crippen LogP contribution is -2.49. The Kier molecular flexibility index (Phi) is 3.90. The predicted octanol–water partition coefficient (Wildman–Crippen LogP) is 2.24. The van der Waals surface area contributed by atoms with Crippen molar-refractivity contribution in [2.75, 3.05) is 13.1 Å². The summed E-state index contributed by atoms with van der Waals surface area (Å²) in [6.07, 6.45) is 0.768. The summed E-state index contributed by atoms with van der Waals surface area (Å²) in [7, 11) is 0. The van der Waals surface area contributed by atoms with Crippen LogP contribution in [0.3, 0.4) is 0 Å². The fourth-order valence-electron chi connectivity index (χ4n) is 3.10. The van der Waals surface area contributed by atoms with Crippen LogP contribution in [0.2, 0.25) is 0 Å². The van der Waals surface area contributed by atoms with Gasteiger partial charge in [0.25, 0.3) is 5.91 Å². The van der Waals surface area contributed by atoms with E-state index >= 15 is 0 Å². The van der Waals surface area contributed by atoms with Gasteiger partial charge in [0.15, 0.2) is 5.69 Å². The third-order valence-corrected chi connectivity index (χ3v) is 4.49. The average molecular weight is 314 g/mol. The highest BCUT2D eigenvalue weighted by Gasteiger charge is 2.44. The quantitative estimate of drug-likeness (QED) is 0.939. The molecular formula is C17H18N2O4. The molecule has 1 amide bonds. The Balaban J connectivity index is 1.78. The highest BCUT2D eigenvalue weighted by molar-refractivity contribution is 5.92. The minimum Gasteiger partial charge on any atom is -0.481 e. The van der Waals surface area contributed by atoms with Gasteiger partial charge in [-0.15, -0.1) is 0 Å². The van der Waals surface area contributed by atoms with E-state index < -0.39 is 11.4 Å². The van der Waals surface area contributed by atoms with Gasteiger partial charge in [0.05, 0.1) is 5.41 Å². The molecule has 1 fully saturated rings. The molecule has 3 rings (SSSR count). The van der Waals surface area contributed by atoms with Crippen LogP contribution in [0.1, 0.15) is 34.7 Å². The maximum Gasteiger partial charge on any atom is 0.314 e. The number of aryl methyl sites for hydroxylation is 1. The highest BCUT2D eigenvalue weighted by Crippen LogP contribution is 2.36. The summed E-state index contributed by atoms with van der Waals surface area (Å²) in [4.78, 5) is 25.9. The smallest absolute Gasteiger partial charge is 0.314 e. The number of aliphatic carboxylic acids is 1. The van der Waals surface area contributed by atoms with Crippen LogP contribution in [0.5, 0.6) is 0 Å². The molecule has 120 valence electrons. The standard InChI is InChI=1S/C17H18N2O4/c1-12-11-14(18-23-12)15(20)19-9-7-17(8-10-19,16(21)22)13-5-3-2-4-6-13/h2-6,11H,7-10H2,1H3,(H,21,22). The maximum absolute atomic E-state index is 12.4. The molecule has 1 aliphatic rings. The highest BCUT2D eigenvalue weighted by atomic mass is 16.5. The Morgan fingerprint density at radius 1 is 1.22 bits per heavy atom. The van der Waals surface area contributed by atoms with Gasteiger partial charge in [0.1, 0.15) is 5.76 Å². The minimum absolute atomic E-state index is 0.214. The summed E-state index contributed by atoms with van der Waals surface area (Å²) >= 11 is 0. The van der Waals surface area contributed by atoms with Gasteiger partial charge in [-0.2, -0.15) is 0 Å². The first-order valence-electron chi connectivity index (χ1n) is 7.54. The van der Waals surface area contributed by atoms with Crippen LogP contribution in [0, 0.1) is 6.92 Å². The van der Waals surface area contributed by atoms with Crippen molar-refractivity contribution in [1.82, 2.24) is 10.1 Å². The van der Waals surface area contributed by atoms with E-state index in [9.17, 15) is 14.7 Å². The van der Waals surface area contributed by atoms with Gasteiger partial charge < -0.3 is 14.5 Å². The fraction of sp³-hybridized carbons (Fsp3) is 0.353. The Hall–Kier alpha value is -2.63. The summed E-state index contributed by atoms with van der Waals surface area (Å²) in [5.74, 6) is -0.475. The molecule has 0 atom stereocenters. The molecule has 0 saturated carbocycles. The molecule has 1 aromatic heterocycles. The van der Waals surface area contributed by atoms with Crippen molar-refractivity contribution in [3.8, 4) is 0 Å². The van der Waals surface area contributed by atoms with Crippen molar-refractivity contribution in [3.63, 3.8) is 0 Å². The van der Waals surface area contributed by atoms with Crippen LogP contribution in [-0.2, 0) is 10.2 Å². The zero-order valence-corrected chi connectivity index (χ0v) is 12.9. The van der Waals surface area contributed by atoms with Crippen molar-refractivity contribution < 1.29 is 19.2 Å². The number of nitrogens with zero attached hydrogens (tertiary/aromatic N) is 2. The van der Waals surface area contributed by atoms with Gasteiger partial charge in [-0.3, -0.25) is 9.59 Å². The van der Waals surface area contributed by atoms with Crippen molar-refractivity contribution in [2.24, 2.45) is 0 Å². The van der Waals surface area contributed by atoms with Crippen molar-refractivity contribution in [1.29, 1.82) is 0 Å². The number of carbonyl (C=O) groups is 2. The first-order valence-corrected chi connectivity index (χ1v) is 7.54. The predicted molar refractivity (Wildman–Crippen MR) is 82.1 cm³/mol. The van der Waals surface area contributed by atoms with Crippen LogP contribution in [0.25, 0.3) is 0 Å². The number of piperidine rings is 1. The zero-order valence-electron chi connectivity index (χ0n) is 12.9. The Morgan fingerprint density at radius 2 is 1.87 bits per heavy atom. The number of hydrogen-bond donors (Lipinski definition) is 1. The Morgan fingerprint density at radius 3 is 2.39 bits per heavy atom. The molecule has 1 N–H and O–H groups in total. The minimum atomic E-state index is -0.933. The van der Waals surface area contributed by atoms with E-state index in [4.69, 9.17) is 4.52 Å². The SMILES string of the molecule is Cc1cc(C(=O)N2CCC(C(=O)O)(c3ccccc3)CC2)no1. The first-order chi connectivity index (χ1) is 11.0. The number of likely N-dealkylation sites (tertiary alicyclic amines) is 1. The van der Waals surface area contributed by atoms with E-state index in [1.165, 1.54) is 0 Å². The molecule has 0 spiro atoms. The lowest BCUT2D eigenvalue weighted by Gasteiger charge is -2.39. The Labute approximate surface area is 133 Å². The second-order valence-electron chi connectivity index (χ2n) is 5.87. The van der Waals surface area contributed by atoms with Gasteiger partial charge in [-0.25, -0.2) is 0 Å². The number of hydrogen-bond acceptors (Lipinski definition) is 4. The summed E-state index contributed by atoms with van der Waals surface area (Å²) < 4.78 is 4.93. The maximum atomic E-state index is 12.4. The Bertz CT molecular complexity index is 715. The van der Waals surface area contributed by atoms with Gasteiger partial charge in [0, 0.05) is 19.2 Å². The van der Waals surface area contributed by atoms with Gasteiger partial charge in [-0.05, 0) is 25.3 Å². The average Bonchev–Trinajstić information content (AvgIpc) is 3.01. The lowest BCUT2D eigenvalue weighted by molar-refractivity contribution is -0.145. The van der Waals surface area contributed by atoms with Gasteiger partial charge in [-0.1, -0.05) is 35.5 Å². The molecule has 2 heterocycles. The second-order valence-corrected chi connectivity index (χ2v) is 5.87. The molecule has 0 bridgehead atoms. The molecule has 1 aromatic carbocycles. The topological polar surface area (TPSA) is 83.6 Å². The third-order valence-electron chi connectivity index (χ3n) is 4.49. The second kappa shape index (κ2) is 5.87. The number of aromatic nitrogens is 1. The number of benzene rings is 1. The van der Waals surface area contributed by atoms with Crippen LogP contribution < -0.4 is 0 Å². The molecule has 6 nitrogen and oxygen atoms in total. The molecular weight excluding hydrogens is 296 g/mol. The van der Waals surface area contributed by atoms with Crippen molar-refractivity contribution in [2.45, 2.75) is 25.2 Å². The van der Waals surface area contributed by atoms with E-state index in [0.29, 0.717) is 31.7 Å². The monoisotopic (exact) mass is 314 g/mol. The normalized spacial score (nSPS) is 17.0. The summed E-state index contributed by atoms with van der Waals surface area (Å²) in [6.45, 7) is 2.49. The number of carbonyl (C=O) groups excluding carboxylic acids is 1. The van der Waals surface area contributed by atoms with E-state index in [0.717, 1.165) is 5.56 Å². The molecule has 6 heteroatoms. The molecule has 1 aliphatic heterocycles. The van der Waals surface area contributed by atoms with Crippen LogP contribution >= 0.6 is 0 Å². The molecule has 23 heavy (non-hydrogen) atoms. The molecule has 2 aromatic rings. The summed E-state index contributed by atoms with van der Waals surface area (Å²) in [5, 5.41) is 13.5. The van der Waals surface area contributed by atoms with Crippen molar-refractivity contribution >= 4 is 11.9 Å². The lowest BCUT2D eigenvalue weighted by atomic mass is 9.73. The fourth-order valence-corrected chi connectivity index (χ4v) is 3.10. The van der Waals surface area contributed by atoms with Crippen molar-refractivity contribution in [3.05, 3.63) is 53.4 Å². The zero-order chi connectivity index (χ0) is 16.4. The van der Waals surface area contributed by atoms with Gasteiger partial charge in [0.2, 0.25) is 0 Å². The molecule has 1 saturated heterocycles. The molecule has 0 radical (unpaired) electrons. The summed E-state index contributed by atoms with van der Waals surface area (Å²) in [6, 6.07) is 10.8.